The Morgan fingerprint density at radius 1 is 1.38 bits per heavy atom. The minimum absolute atomic E-state index is 0.257. The summed E-state index contributed by atoms with van der Waals surface area (Å²) in [4.78, 5) is 10.7. The Balaban J connectivity index is 2.11. The molecule has 112 valence electrons. The molecule has 0 radical (unpaired) electrons. The van der Waals surface area contributed by atoms with E-state index in [0.717, 1.165) is 30.4 Å². The Labute approximate surface area is 122 Å². The topological polar surface area (TPSA) is 64.3 Å². The van der Waals surface area contributed by atoms with Crippen LogP contribution in [0, 0.1) is 5.82 Å². The van der Waals surface area contributed by atoms with E-state index in [9.17, 15) is 9.18 Å². The zero-order valence-electron chi connectivity index (χ0n) is 12.0. The van der Waals surface area contributed by atoms with E-state index in [2.05, 4.69) is 5.10 Å². The van der Waals surface area contributed by atoms with Gasteiger partial charge < -0.3 is 9.84 Å². The number of halogens is 1. The van der Waals surface area contributed by atoms with Gasteiger partial charge >= 0.3 is 5.97 Å². The third-order valence-corrected chi connectivity index (χ3v) is 3.13. The van der Waals surface area contributed by atoms with Crippen molar-refractivity contribution < 1.29 is 19.0 Å². The first kappa shape index (κ1) is 15.0. The molecular weight excluding hydrogens is 275 g/mol. The van der Waals surface area contributed by atoms with Crippen LogP contribution in [0.5, 0.6) is 5.75 Å². The smallest absolute Gasteiger partial charge is 0.338 e. The Morgan fingerprint density at radius 2 is 2.14 bits per heavy atom. The van der Waals surface area contributed by atoms with Gasteiger partial charge in [0.2, 0.25) is 0 Å². The van der Waals surface area contributed by atoms with Crippen LogP contribution in [-0.4, -0.2) is 20.9 Å². The second kappa shape index (κ2) is 6.39. The van der Waals surface area contributed by atoms with Crippen molar-refractivity contribution in [1.29, 1.82) is 0 Å². The van der Waals surface area contributed by atoms with Gasteiger partial charge in [-0.25, -0.2) is 9.18 Å². The van der Waals surface area contributed by atoms with Gasteiger partial charge in [-0.2, -0.15) is 5.10 Å². The number of carboxylic acid groups (broad SMARTS) is 1. The van der Waals surface area contributed by atoms with Gasteiger partial charge in [-0.15, -0.1) is 0 Å². The van der Waals surface area contributed by atoms with Gasteiger partial charge in [0.05, 0.1) is 17.0 Å². The summed E-state index contributed by atoms with van der Waals surface area (Å²) in [7, 11) is 0. The molecule has 0 fully saturated rings. The Bertz CT molecular complexity index is 652. The largest absolute Gasteiger partial charge is 0.487 e. The van der Waals surface area contributed by atoms with E-state index in [1.807, 2.05) is 24.6 Å². The van der Waals surface area contributed by atoms with Crippen LogP contribution < -0.4 is 4.74 Å². The zero-order chi connectivity index (χ0) is 15.4. The number of aryl methyl sites for hydroxylation is 2. The number of ether oxygens (including phenoxy) is 1. The number of benzene rings is 1. The average Bonchev–Trinajstić information content (AvgIpc) is 2.87. The van der Waals surface area contributed by atoms with E-state index in [0.29, 0.717) is 5.75 Å². The summed E-state index contributed by atoms with van der Waals surface area (Å²) in [5.74, 6) is -1.81. The van der Waals surface area contributed by atoms with E-state index in [-0.39, 0.29) is 12.2 Å². The summed E-state index contributed by atoms with van der Waals surface area (Å²) in [6.07, 6.45) is 0.835. The molecule has 0 atom stereocenters. The van der Waals surface area contributed by atoms with Gasteiger partial charge in [-0.3, -0.25) is 4.68 Å². The molecule has 0 aliphatic heterocycles. The summed E-state index contributed by atoms with van der Waals surface area (Å²) < 4.78 is 20.9. The molecule has 1 aromatic heterocycles. The molecule has 6 heteroatoms. The number of nitrogens with zero attached hydrogens (tertiary/aromatic N) is 2. The highest BCUT2D eigenvalue weighted by atomic mass is 19.1. The molecule has 1 N–H and O–H groups in total. The number of carbonyl (C=O) groups is 1. The first-order valence-corrected chi connectivity index (χ1v) is 6.76. The molecule has 0 spiro atoms. The monoisotopic (exact) mass is 292 g/mol. The second-order valence-electron chi connectivity index (χ2n) is 4.53. The predicted octanol–water partition coefficient (Wildman–Crippen LogP) is 2.88. The minimum atomic E-state index is -1.30. The number of carboxylic acids is 1. The Hall–Kier alpha value is -2.37. The summed E-state index contributed by atoms with van der Waals surface area (Å²) in [5.41, 5.74) is 1.51. The Kier molecular flexibility index (Phi) is 4.57. The van der Waals surface area contributed by atoms with Crippen molar-refractivity contribution in [3.05, 3.63) is 47.0 Å². The number of hydrogen-bond donors (Lipinski definition) is 1. The number of rotatable bonds is 6. The van der Waals surface area contributed by atoms with Gasteiger partial charge in [0.15, 0.2) is 0 Å². The molecule has 21 heavy (non-hydrogen) atoms. The molecule has 0 bridgehead atoms. The van der Waals surface area contributed by atoms with Crippen LogP contribution in [0.3, 0.4) is 0 Å². The van der Waals surface area contributed by atoms with Crippen molar-refractivity contribution in [3.63, 3.8) is 0 Å². The molecule has 2 aromatic rings. The fourth-order valence-corrected chi connectivity index (χ4v) is 1.99. The molecule has 1 heterocycles. The molecule has 0 aliphatic carbocycles. The van der Waals surface area contributed by atoms with Crippen molar-refractivity contribution >= 4 is 5.97 Å². The lowest BCUT2D eigenvalue weighted by Crippen LogP contribution is -2.07. The lowest BCUT2D eigenvalue weighted by atomic mass is 10.2. The standard InChI is InChI=1S/C15H17FN2O3/c1-3-10-7-11(18(4-2)17-10)9-21-12-5-6-13(15(19)20)14(16)8-12/h5-8H,3-4,9H2,1-2H3,(H,19,20). The van der Waals surface area contributed by atoms with Crippen molar-refractivity contribution in [1.82, 2.24) is 9.78 Å². The highest BCUT2D eigenvalue weighted by Gasteiger charge is 2.12. The van der Waals surface area contributed by atoms with Crippen LogP contribution in [0.1, 0.15) is 35.6 Å². The first-order valence-electron chi connectivity index (χ1n) is 6.76. The zero-order valence-corrected chi connectivity index (χ0v) is 12.0. The van der Waals surface area contributed by atoms with Gasteiger partial charge in [0, 0.05) is 12.6 Å². The summed E-state index contributed by atoms with van der Waals surface area (Å²) in [6, 6.07) is 5.67. The van der Waals surface area contributed by atoms with E-state index >= 15 is 0 Å². The van der Waals surface area contributed by atoms with E-state index in [4.69, 9.17) is 9.84 Å². The van der Waals surface area contributed by atoms with Crippen LogP contribution in [-0.2, 0) is 19.6 Å². The normalized spacial score (nSPS) is 10.6. The fourth-order valence-electron chi connectivity index (χ4n) is 1.99. The maximum Gasteiger partial charge on any atom is 0.338 e. The molecule has 0 amide bonds. The van der Waals surface area contributed by atoms with Crippen molar-refractivity contribution in [2.24, 2.45) is 0 Å². The Morgan fingerprint density at radius 3 is 2.71 bits per heavy atom. The lowest BCUT2D eigenvalue weighted by Gasteiger charge is -2.08. The highest BCUT2D eigenvalue weighted by molar-refractivity contribution is 5.88. The number of hydrogen-bond acceptors (Lipinski definition) is 3. The van der Waals surface area contributed by atoms with Crippen LogP contribution in [0.15, 0.2) is 24.3 Å². The number of aromatic carboxylic acids is 1. The average molecular weight is 292 g/mol. The van der Waals surface area contributed by atoms with Gasteiger partial charge in [0.1, 0.15) is 18.2 Å². The maximum absolute atomic E-state index is 13.6. The molecule has 0 unspecified atom stereocenters. The van der Waals surface area contributed by atoms with E-state index in [1.165, 1.54) is 12.1 Å². The van der Waals surface area contributed by atoms with Gasteiger partial charge in [-0.05, 0) is 31.5 Å². The number of aromatic nitrogens is 2. The maximum atomic E-state index is 13.6. The van der Waals surface area contributed by atoms with Gasteiger partial charge in [0.25, 0.3) is 0 Å². The highest BCUT2D eigenvalue weighted by Crippen LogP contribution is 2.18. The second-order valence-corrected chi connectivity index (χ2v) is 4.53. The molecule has 2 rings (SSSR count). The quantitative estimate of drug-likeness (QED) is 0.889. The first-order chi connectivity index (χ1) is 10.0. The van der Waals surface area contributed by atoms with E-state index in [1.54, 1.807) is 0 Å². The van der Waals surface area contributed by atoms with Crippen molar-refractivity contribution in [2.75, 3.05) is 0 Å². The van der Waals surface area contributed by atoms with Crippen molar-refractivity contribution in [3.8, 4) is 5.75 Å². The van der Waals surface area contributed by atoms with Gasteiger partial charge in [-0.1, -0.05) is 6.92 Å². The van der Waals surface area contributed by atoms with E-state index < -0.39 is 11.8 Å². The summed E-state index contributed by atoms with van der Waals surface area (Å²) in [5, 5.41) is 13.2. The molecule has 0 saturated heterocycles. The van der Waals surface area contributed by atoms with Crippen LogP contribution >= 0.6 is 0 Å². The molecule has 5 nitrogen and oxygen atoms in total. The molecule has 0 aliphatic rings. The van der Waals surface area contributed by atoms with Crippen LogP contribution in [0.4, 0.5) is 4.39 Å². The minimum Gasteiger partial charge on any atom is -0.487 e. The predicted molar refractivity (Wildman–Crippen MR) is 75.0 cm³/mol. The molecule has 1 aromatic carbocycles. The molecule has 0 saturated carbocycles. The van der Waals surface area contributed by atoms with Crippen molar-refractivity contribution in [2.45, 2.75) is 33.4 Å². The van der Waals surface area contributed by atoms with Crippen LogP contribution in [0.2, 0.25) is 0 Å². The molecular formula is C15H17FN2O3. The van der Waals surface area contributed by atoms with Crippen LogP contribution in [0.25, 0.3) is 0 Å². The third kappa shape index (κ3) is 3.39. The summed E-state index contributed by atoms with van der Waals surface area (Å²) in [6.45, 7) is 4.99. The third-order valence-electron chi connectivity index (χ3n) is 3.13. The summed E-state index contributed by atoms with van der Waals surface area (Å²) >= 11 is 0. The SMILES string of the molecule is CCc1cc(COc2ccc(C(=O)O)c(F)c2)n(CC)n1. The lowest BCUT2D eigenvalue weighted by molar-refractivity contribution is 0.0692. The fraction of sp³-hybridized carbons (Fsp3) is 0.333.